The van der Waals surface area contributed by atoms with Gasteiger partial charge in [0.15, 0.2) is 0 Å². The van der Waals surface area contributed by atoms with Gasteiger partial charge in [0, 0.05) is 32.7 Å². The highest BCUT2D eigenvalue weighted by Crippen LogP contribution is 2.25. The van der Waals surface area contributed by atoms with Gasteiger partial charge in [0.05, 0.1) is 18.8 Å². The van der Waals surface area contributed by atoms with Crippen LogP contribution >= 0.6 is 0 Å². The summed E-state index contributed by atoms with van der Waals surface area (Å²) in [4.78, 5) is 16.1. The van der Waals surface area contributed by atoms with Crippen LogP contribution in [0.1, 0.15) is 19.8 Å². The number of hydrogen-bond donors (Lipinski definition) is 1. The van der Waals surface area contributed by atoms with E-state index in [9.17, 15) is 4.79 Å². The summed E-state index contributed by atoms with van der Waals surface area (Å²) < 4.78 is 5.68. The third kappa shape index (κ3) is 3.40. The second kappa shape index (κ2) is 5.33. The topological polar surface area (TPSA) is 58.8 Å². The Morgan fingerprint density at radius 1 is 1.47 bits per heavy atom. The molecule has 0 bridgehead atoms. The number of amides is 1. The minimum absolute atomic E-state index is 0.0674. The molecule has 0 aromatic heterocycles. The number of morpholine rings is 1. The van der Waals surface area contributed by atoms with Crippen LogP contribution in [0.15, 0.2) is 0 Å². The summed E-state index contributed by atoms with van der Waals surface area (Å²) in [5, 5.41) is 0. The molecule has 1 saturated heterocycles. The third-order valence-corrected chi connectivity index (χ3v) is 3.51. The Balaban J connectivity index is 1.82. The van der Waals surface area contributed by atoms with E-state index in [0.29, 0.717) is 19.1 Å². The van der Waals surface area contributed by atoms with Gasteiger partial charge in [0.2, 0.25) is 5.91 Å². The van der Waals surface area contributed by atoms with E-state index in [1.807, 2.05) is 18.9 Å². The summed E-state index contributed by atoms with van der Waals surface area (Å²) in [6, 6.07) is 0.492. The molecule has 17 heavy (non-hydrogen) atoms. The molecule has 2 atom stereocenters. The van der Waals surface area contributed by atoms with Crippen LogP contribution in [0.4, 0.5) is 0 Å². The molecule has 2 rings (SSSR count). The van der Waals surface area contributed by atoms with E-state index in [1.54, 1.807) is 0 Å². The number of ether oxygens (including phenoxy) is 1. The molecule has 98 valence electrons. The summed E-state index contributed by atoms with van der Waals surface area (Å²) in [5.41, 5.74) is 5.63. The molecule has 0 spiro atoms. The van der Waals surface area contributed by atoms with Crippen molar-refractivity contribution >= 4 is 5.91 Å². The Labute approximate surface area is 103 Å². The minimum Gasteiger partial charge on any atom is -0.371 e. The summed E-state index contributed by atoms with van der Waals surface area (Å²) in [5.74, 6) is 0.220. The summed E-state index contributed by atoms with van der Waals surface area (Å²) in [6.07, 6.45) is 2.55. The molecule has 1 amide bonds. The summed E-state index contributed by atoms with van der Waals surface area (Å²) in [7, 11) is 1.91. The molecule has 2 aliphatic rings. The van der Waals surface area contributed by atoms with Gasteiger partial charge in [0.25, 0.3) is 0 Å². The van der Waals surface area contributed by atoms with Crippen LogP contribution in [0.3, 0.4) is 0 Å². The molecule has 5 heteroatoms. The monoisotopic (exact) mass is 241 g/mol. The Morgan fingerprint density at radius 3 is 2.76 bits per heavy atom. The van der Waals surface area contributed by atoms with Gasteiger partial charge in [-0.2, -0.15) is 0 Å². The van der Waals surface area contributed by atoms with Crippen LogP contribution in [0.25, 0.3) is 0 Å². The van der Waals surface area contributed by atoms with Crippen LogP contribution in [0.5, 0.6) is 0 Å². The van der Waals surface area contributed by atoms with Crippen LogP contribution < -0.4 is 5.73 Å². The molecular formula is C12H23N3O2. The summed E-state index contributed by atoms with van der Waals surface area (Å²) >= 11 is 0. The lowest BCUT2D eigenvalue weighted by Crippen LogP contribution is -2.52. The van der Waals surface area contributed by atoms with Crippen LogP contribution in [-0.4, -0.2) is 67.2 Å². The predicted molar refractivity (Wildman–Crippen MR) is 65.6 cm³/mol. The number of nitrogens with two attached hydrogens (primary N) is 1. The first-order valence-corrected chi connectivity index (χ1v) is 6.43. The van der Waals surface area contributed by atoms with E-state index in [0.717, 1.165) is 25.9 Å². The van der Waals surface area contributed by atoms with Crippen molar-refractivity contribution in [3.05, 3.63) is 0 Å². The lowest BCUT2D eigenvalue weighted by atomic mass is 10.2. The standard InChI is InChI=1S/C12H23N3O2/c1-9-6-15(7-11(5-13)17-9)8-12(16)14(2)10-3-4-10/h9-11H,3-8,13H2,1-2H3. The maximum absolute atomic E-state index is 12.0. The first kappa shape index (κ1) is 12.8. The molecular weight excluding hydrogens is 218 g/mol. The third-order valence-electron chi connectivity index (χ3n) is 3.51. The molecule has 0 radical (unpaired) electrons. The highest BCUT2D eigenvalue weighted by atomic mass is 16.5. The molecule has 1 aliphatic heterocycles. The fourth-order valence-corrected chi connectivity index (χ4v) is 2.37. The maximum atomic E-state index is 12.0. The van der Waals surface area contributed by atoms with E-state index >= 15 is 0 Å². The number of carbonyl (C=O) groups excluding carboxylic acids is 1. The second-order valence-electron chi connectivity index (χ2n) is 5.23. The van der Waals surface area contributed by atoms with Gasteiger partial charge in [-0.25, -0.2) is 0 Å². The minimum atomic E-state index is 0.0674. The highest BCUT2D eigenvalue weighted by molar-refractivity contribution is 5.78. The Hall–Kier alpha value is -0.650. The summed E-state index contributed by atoms with van der Waals surface area (Å²) in [6.45, 7) is 4.64. The smallest absolute Gasteiger partial charge is 0.236 e. The van der Waals surface area contributed by atoms with Gasteiger partial charge in [-0.15, -0.1) is 0 Å². The fourth-order valence-electron chi connectivity index (χ4n) is 2.37. The number of rotatable bonds is 4. The Bertz CT molecular complexity index is 281. The number of likely N-dealkylation sites (N-methyl/N-ethyl adjacent to an activating group) is 1. The molecule has 1 saturated carbocycles. The normalized spacial score (nSPS) is 30.3. The molecule has 2 N–H and O–H groups in total. The van der Waals surface area contributed by atoms with Gasteiger partial charge < -0.3 is 15.4 Å². The molecule has 1 aliphatic carbocycles. The van der Waals surface area contributed by atoms with Crippen molar-refractivity contribution in [2.24, 2.45) is 5.73 Å². The quantitative estimate of drug-likeness (QED) is 0.731. The molecule has 2 fully saturated rings. The number of hydrogen-bond acceptors (Lipinski definition) is 4. The van der Waals surface area contributed by atoms with Crippen LogP contribution in [-0.2, 0) is 9.53 Å². The largest absolute Gasteiger partial charge is 0.371 e. The molecule has 5 nitrogen and oxygen atoms in total. The van der Waals surface area contributed by atoms with Crippen molar-refractivity contribution < 1.29 is 9.53 Å². The first-order chi connectivity index (χ1) is 8.10. The highest BCUT2D eigenvalue weighted by Gasteiger charge is 2.32. The van der Waals surface area contributed by atoms with Crippen LogP contribution in [0, 0.1) is 0 Å². The zero-order valence-corrected chi connectivity index (χ0v) is 10.8. The Kier molecular flexibility index (Phi) is 4.01. The van der Waals surface area contributed by atoms with Gasteiger partial charge in [0.1, 0.15) is 0 Å². The maximum Gasteiger partial charge on any atom is 0.236 e. The van der Waals surface area contributed by atoms with Gasteiger partial charge >= 0.3 is 0 Å². The molecule has 2 unspecified atom stereocenters. The molecule has 0 aromatic carbocycles. The van der Waals surface area contributed by atoms with Crippen molar-refractivity contribution in [2.45, 2.75) is 38.0 Å². The lowest BCUT2D eigenvalue weighted by molar-refractivity contribution is -0.135. The lowest BCUT2D eigenvalue weighted by Gasteiger charge is -2.36. The van der Waals surface area contributed by atoms with Gasteiger partial charge in [-0.3, -0.25) is 9.69 Å². The van der Waals surface area contributed by atoms with E-state index in [2.05, 4.69) is 4.90 Å². The van der Waals surface area contributed by atoms with E-state index in [4.69, 9.17) is 10.5 Å². The van der Waals surface area contributed by atoms with Gasteiger partial charge in [-0.05, 0) is 19.8 Å². The molecule has 1 heterocycles. The SMILES string of the molecule is CC1CN(CC(=O)N(C)C2CC2)CC(CN)O1. The van der Waals surface area contributed by atoms with Crippen molar-refractivity contribution in [3.8, 4) is 0 Å². The second-order valence-corrected chi connectivity index (χ2v) is 5.23. The predicted octanol–water partition coefficient (Wildman–Crippen LogP) is -0.345. The first-order valence-electron chi connectivity index (χ1n) is 6.43. The van der Waals surface area contributed by atoms with Crippen molar-refractivity contribution in [2.75, 3.05) is 33.2 Å². The van der Waals surface area contributed by atoms with Gasteiger partial charge in [-0.1, -0.05) is 0 Å². The van der Waals surface area contributed by atoms with Crippen molar-refractivity contribution in [1.82, 2.24) is 9.80 Å². The van der Waals surface area contributed by atoms with E-state index in [-0.39, 0.29) is 18.1 Å². The fraction of sp³-hybridized carbons (Fsp3) is 0.917. The van der Waals surface area contributed by atoms with E-state index in [1.165, 1.54) is 0 Å². The number of carbonyl (C=O) groups is 1. The molecule has 0 aromatic rings. The van der Waals surface area contributed by atoms with Crippen molar-refractivity contribution in [3.63, 3.8) is 0 Å². The van der Waals surface area contributed by atoms with Crippen molar-refractivity contribution in [1.29, 1.82) is 0 Å². The Morgan fingerprint density at radius 2 is 2.18 bits per heavy atom. The number of nitrogens with zero attached hydrogens (tertiary/aromatic N) is 2. The average Bonchev–Trinajstić information content (AvgIpc) is 3.10. The van der Waals surface area contributed by atoms with Crippen LogP contribution in [0.2, 0.25) is 0 Å². The zero-order chi connectivity index (χ0) is 12.4. The zero-order valence-electron chi connectivity index (χ0n) is 10.8. The van der Waals surface area contributed by atoms with E-state index < -0.39 is 0 Å². The average molecular weight is 241 g/mol.